The van der Waals surface area contributed by atoms with E-state index in [-0.39, 0.29) is 11.7 Å². The van der Waals surface area contributed by atoms with E-state index in [2.05, 4.69) is 21.4 Å². The molecule has 0 bridgehead atoms. The molecule has 0 spiro atoms. The number of amides is 1. The van der Waals surface area contributed by atoms with Crippen molar-refractivity contribution in [1.82, 2.24) is 9.97 Å². The minimum absolute atomic E-state index is 0.121. The molecule has 0 radical (unpaired) electrons. The molecule has 0 saturated heterocycles. The highest BCUT2D eigenvalue weighted by Crippen LogP contribution is 2.40. The van der Waals surface area contributed by atoms with Gasteiger partial charge in [0.1, 0.15) is 17.3 Å². The Kier molecular flexibility index (Phi) is 4.02. The van der Waals surface area contributed by atoms with Gasteiger partial charge in [-0.3, -0.25) is 4.79 Å². The second-order valence-electron chi connectivity index (χ2n) is 6.84. The zero-order valence-corrected chi connectivity index (χ0v) is 16.5. The summed E-state index contributed by atoms with van der Waals surface area (Å²) in [6.45, 7) is 1.57. The number of rotatable bonds is 4. The van der Waals surface area contributed by atoms with Crippen molar-refractivity contribution in [3.8, 4) is 29.0 Å². The Morgan fingerprint density at radius 1 is 1.24 bits per heavy atom. The van der Waals surface area contributed by atoms with Crippen molar-refractivity contribution in [1.29, 1.82) is 5.26 Å². The highest BCUT2D eigenvalue weighted by atomic mass is 32.2. The van der Waals surface area contributed by atoms with E-state index in [0.29, 0.717) is 39.4 Å². The molecule has 3 aromatic rings. The summed E-state index contributed by atoms with van der Waals surface area (Å²) in [5, 5.41) is 12.2. The number of aromatic amines is 1. The summed E-state index contributed by atoms with van der Waals surface area (Å²) in [6, 6.07) is 10.1. The molecule has 2 aromatic carbocycles. The monoisotopic (exact) mass is 412 g/mol. The number of anilines is 1. The van der Waals surface area contributed by atoms with Crippen molar-refractivity contribution in [2.75, 3.05) is 18.7 Å². The van der Waals surface area contributed by atoms with Gasteiger partial charge in [0.05, 0.1) is 36.0 Å². The first-order chi connectivity index (χ1) is 13.6. The molecule has 2 N–H and O–H groups in total. The normalized spacial score (nSPS) is 18.2. The summed E-state index contributed by atoms with van der Waals surface area (Å²) in [5.41, 5.74) is 1.70. The van der Waals surface area contributed by atoms with E-state index >= 15 is 0 Å². The van der Waals surface area contributed by atoms with Crippen LogP contribution < -0.4 is 14.2 Å². The Balaban J connectivity index is 1.80. The number of fused-ring (bicyclic) bond motifs is 2. The lowest BCUT2D eigenvalue weighted by atomic mass is 9.85. The van der Waals surface area contributed by atoms with Gasteiger partial charge in [-0.15, -0.1) is 0 Å². The molecule has 10 heteroatoms. The number of nitrogens with zero attached hydrogens (tertiary/aromatic N) is 2. The van der Waals surface area contributed by atoms with Crippen LogP contribution in [0.5, 0.6) is 11.5 Å². The van der Waals surface area contributed by atoms with E-state index in [9.17, 15) is 18.5 Å². The van der Waals surface area contributed by atoms with Crippen molar-refractivity contribution in [3.63, 3.8) is 0 Å². The Labute approximate surface area is 166 Å². The summed E-state index contributed by atoms with van der Waals surface area (Å²) in [4.78, 5) is 19.9. The number of H-pyrrole nitrogens is 1. The number of nitrogens with one attached hydrogen (secondary N) is 2. The fourth-order valence-corrected chi connectivity index (χ4v) is 3.73. The van der Waals surface area contributed by atoms with Crippen molar-refractivity contribution >= 4 is 32.7 Å². The van der Waals surface area contributed by atoms with Crippen LogP contribution in [0.1, 0.15) is 12.5 Å². The fourth-order valence-electron chi connectivity index (χ4n) is 3.28. The fraction of sp³-hybridized carbons (Fsp3) is 0.211. The van der Waals surface area contributed by atoms with Gasteiger partial charge in [0.25, 0.3) is 0 Å². The van der Waals surface area contributed by atoms with E-state index < -0.39 is 15.5 Å². The Hall–Kier alpha value is -3.58. The Bertz CT molecular complexity index is 1320. The molecule has 1 aliphatic heterocycles. The molecule has 9 nitrogen and oxygen atoms in total. The molecule has 148 valence electrons. The number of ether oxygens (including phenoxy) is 1. The molecule has 29 heavy (non-hydrogen) atoms. The summed E-state index contributed by atoms with van der Waals surface area (Å²) < 4.78 is 32.9. The minimum Gasteiger partial charge on any atom is -0.496 e. The summed E-state index contributed by atoms with van der Waals surface area (Å²) in [6.07, 6.45) is 0.958. The van der Waals surface area contributed by atoms with Crippen LogP contribution in [-0.2, 0) is 20.3 Å². The molecule has 1 unspecified atom stereocenters. The van der Waals surface area contributed by atoms with Crippen LogP contribution in [0.25, 0.3) is 22.4 Å². The third kappa shape index (κ3) is 3.05. The second kappa shape index (κ2) is 6.22. The number of imidazole rings is 1. The van der Waals surface area contributed by atoms with Crippen molar-refractivity contribution in [2.45, 2.75) is 12.3 Å². The number of carbonyl (C=O) groups excluding carboxylic acids is 1. The lowest BCUT2D eigenvalue weighted by Gasteiger charge is -2.11. The summed E-state index contributed by atoms with van der Waals surface area (Å²) in [7, 11) is -2.21. The van der Waals surface area contributed by atoms with E-state index in [4.69, 9.17) is 8.92 Å². The SMILES string of the molecule is COc1cc(OS(C)(=O)=O)ccc1-c1nc2cc3c(cc2[nH]1)C(C)(C#N)C(=O)N3. The standard InChI is InChI=1S/C19H16N4O5S/c1-19(9-20)12-7-14-15(8-13(12)23-18(19)24)22-17(21-14)11-5-4-10(6-16(11)27-2)28-29(3,25)26/h4-8H,1-3H3,(H,21,22)(H,23,24). The maximum absolute atomic E-state index is 12.2. The van der Waals surface area contributed by atoms with Gasteiger partial charge in [-0.05, 0) is 31.2 Å². The number of benzene rings is 2. The third-order valence-corrected chi connectivity index (χ3v) is 5.26. The molecule has 0 fully saturated rings. The van der Waals surface area contributed by atoms with Crippen LogP contribution >= 0.6 is 0 Å². The molecule has 1 aliphatic rings. The van der Waals surface area contributed by atoms with Gasteiger partial charge in [0, 0.05) is 17.3 Å². The van der Waals surface area contributed by atoms with Crippen LogP contribution in [0.15, 0.2) is 30.3 Å². The molecule has 0 saturated carbocycles. The van der Waals surface area contributed by atoms with Gasteiger partial charge in [-0.2, -0.15) is 13.7 Å². The topological polar surface area (TPSA) is 134 Å². The van der Waals surface area contributed by atoms with Crippen LogP contribution in [0.3, 0.4) is 0 Å². The van der Waals surface area contributed by atoms with E-state index in [1.54, 1.807) is 25.1 Å². The van der Waals surface area contributed by atoms with Gasteiger partial charge in [0.2, 0.25) is 5.91 Å². The summed E-state index contributed by atoms with van der Waals surface area (Å²) >= 11 is 0. The van der Waals surface area contributed by atoms with Crippen molar-refractivity contribution < 1.29 is 22.1 Å². The van der Waals surface area contributed by atoms with Gasteiger partial charge in [-0.25, -0.2) is 4.98 Å². The zero-order valence-electron chi connectivity index (χ0n) is 15.7. The van der Waals surface area contributed by atoms with E-state index in [1.807, 2.05) is 0 Å². The number of hydrogen-bond donors (Lipinski definition) is 2. The quantitative estimate of drug-likeness (QED) is 0.628. The summed E-state index contributed by atoms with van der Waals surface area (Å²) in [5.74, 6) is 0.603. The maximum atomic E-state index is 12.2. The first-order valence-electron chi connectivity index (χ1n) is 8.49. The van der Waals surface area contributed by atoms with E-state index in [0.717, 1.165) is 6.26 Å². The van der Waals surface area contributed by atoms with Gasteiger partial charge in [-0.1, -0.05) is 0 Å². The maximum Gasteiger partial charge on any atom is 0.306 e. The van der Waals surface area contributed by atoms with Crippen molar-refractivity contribution in [3.05, 3.63) is 35.9 Å². The number of methoxy groups -OCH3 is 1. The number of nitriles is 1. The van der Waals surface area contributed by atoms with Crippen LogP contribution in [-0.4, -0.2) is 37.7 Å². The molecule has 0 aliphatic carbocycles. The largest absolute Gasteiger partial charge is 0.496 e. The first kappa shape index (κ1) is 18.8. The smallest absolute Gasteiger partial charge is 0.306 e. The predicted octanol–water partition coefficient (Wildman–Crippen LogP) is 2.31. The first-order valence-corrected chi connectivity index (χ1v) is 10.3. The number of hydrogen-bond acceptors (Lipinski definition) is 7. The predicted molar refractivity (Wildman–Crippen MR) is 105 cm³/mol. The van der Waals surface area contributed by atoms with Crippen LogP contribution in [0.4, 0.5) is 5.69 Å². The lowest BCUT2D eigenvalue weighted by molar-refractivity contribution is -0.118. The molecule has 2 heterocycles. The molecular formula is C19H16N4O5S. The van der Waals surface area contributed by atoms with Crippen LogP contribution in [0, 0.1) is 11.3 Å². The lowest BCUT2D eigenvalue weighted by Crippen LogP contribution is -2.28. The highest BCUT2D eigenvalue weighted by Gasteiger charge is 2.43. The number of aromatic nitrogens is 2. The zero-order chi connectivity index (χ0) is 21.0. The average Bonchev–Trinajstić information content (AvgIpc) is 3.17. The molecule has 1 aromatic heterocycles. The van der Waals surface area contributed by atoms with Crippen LogP contribution in [0.2, 0.25) is 0 Å². The Morgan fingerprint density at radius 3 is 2.66 bits per heavy atom. The molecular weight excluding hydrogens is 396 g/mol. The molecule has 4 rings (SSSR count). The van der Waals surface area contributed by atoms with Gasteiger partial charge in [0.15, 0.2) is 5.41 Å². The minimum atomic E-state index is -3.66. The molecule has 1 amide bonds. The Morgan fingerprint density at radius 2 is 2.00 bits per heavy atom. The van der Waals surface area contributed by atoms with E-state index in [1.165, 1.54) is 19.2 Å². The highest BCUT2D eigenvalue weighted by molar-refractivity contribution is 7.86. The van der Waals surface area contributed by atoms with Gasteiger partial charge >= 0.3 is 10.1 Å². The van der Waals surface area contributed by atoms with Gasteiger partial charge < -0.3 is 19.2 Å². The number of carbonyl (C=O) groups is 1. The molecule has 1 atom stereocenters. The third-order valence-electron chi connectivity index (χ3n) is 4.76. The average molecular weight is 412 g/mol. The second-order valence-corrected chi connectivity index (χ2v) is 8.42. The van der Waals surface area contributed by atoms with Crippen molar-refractivity contribution in [2.24, 2.45) is 0 Å².